The van der Waals surface area contributed by atoms with Crippen molar-refractivity contribution in [1.82, 2.24) is 4.98 Å². The number of aryl methyl sites for hydroxylation is 1. The van der Waals surface area contributed by atoms with Crippen molar-refractivity contribution >= 4 is 22.9 Å². The third-order valence-electron chi connectivity index (χ3n) is 3.76. The predicted octanol–water partition coefficient (Wildman–Crippen LogP) is 4.44. The molecule has 0 saturated heterocycles. The molecule has 0 unspecified atom stereocenters. The molecule has 0 saturated carbocycles. The summed E-state index contributed by atoms with van der Waals surface area (Å²) in [6.45, 7) is 3.99. The lowest BCUT2D eigenvalue weighted by Crippen LogP contribution is -2.20. The van der Waals surface area contributed by atoms with E-state index in [1.54, 1.807) is 17.5 Å². The average Bonchev–Trinajstić information content (AvgIpc) is 3.11. The maximum Gasteiger partial charge on any atom is 0.262 e. The molecule has 0 fully saturated rings. The molecule has 4 nitrogen and oxygen atoms in total. The zero-order valence-electron chi connectivity index (χ0n) is 13.6. The lowest BCUT2D eigenvalue weighted by atomic mass is 10.1. The van der Waals surface area contributed by atoms with Crippen molar-refractivity contribution in [2.45, 2.75) is 13.8 Å². The molecule has 1 amide bonds. The van der Waals surface area contributed by atoms with Gasteiger partial charge in [-0.1, -0.05) is 12.1 Å². The number of thiazole rings is 1. The quantitative estimate of drug-likeness (QED) is 0.748. The molecule has 5 heteroatoms. The van der Waals surface area contributed by atoms with Gasteiger partial charge < -0.3 is 10.1 Å². The number of hydrogen-bond acceptors (Lipinski definition) is 4. The second-order valence-electron chi connectivity index (χ2n) is 5.45. The van der Waals surface area contributed by atoms with E-state index in [-0.39, 0.29) is 12.5 Å². The standard InChI is InChI=1S/C19H18N2O2S/c1-13-4-3-5-17(14(13)2)23-12-18(22)21-16-8-6-15(7-9-16)19-20-10-11-24-19/h3-11H,12H2,1-2H3,(H,21,22). The highest BCUT2D eigenvalue weighted by atomic mass is 32.1. The molecule has 0 bridgehead atoms. The Morgan fingerprint density at radius 2 is 1.96 bits per heavy atom. The molecule has 0 radical (unpaired) electrons. The summed E-state index contributed by atoms with van der Waals surface area (Å²) in [4.78, 5) is 16.3. The van der Waals surface area contributed by atoms with E-state index in [1.165, 1.54) is 0 Å². The van der Waals surface area contributed by atoms with Crippen LogP contribution in [0.4, 0.5) is 5.69 Å². The summed E-state index contributed by atoms with van der Waals surface area (Å²) < 4.78 is 5.61. The summed E-state index contributed by atoms with van der Waals surface area (Å²) in [6, 6.07) is 13.4. The van der Waals surface area contributed by atoms with Gasteiger partial charge in [0.1, 0.15) is 10.8 Å². The fourth-order valence-corrected chi connectivity index (χ4v) is 2.93. The largest absolute Gasteiger partial charge is 0.483 e. The number of ether oxygens (including phenoxy) is 1. The van der Waals surface area contributed by atoms with Crippen LogP contribution in [0.2, 0.25) is 0 Å². The molecule has 1 heterocycles. The molecule has 1 N–H and O–H groups in total. The minimum Gasteiger partial charge on any atom is -0.483 e. The second-order valence-corrected chi connectivity index (χ2v) is 6.34. The van der Waals surface area contributed by atoms with E-state index in [4.69, 9.17) is 4.74 Å². The number of benzene rings is 2. The zero-order valence-corrected chi connectivity index (χ0v) is 14.4. The first-order valence-corrected chi connectivity index (χ1v) is 8.50. The number of anilines is 1. The fourth-order valence-electron chi connectivity index (χ4n) is 2.28. The molecule has 1 aromatic heterocycles. The van der Waals surface area contributed by atoms with E-state index in [2.05, 4.69) is 10.3 Å². The Kier molecular flexibility index (Phi) is 4.91. The van der Waals surface area contributed by atoms with Crippen LogP contribution in [0.3, 0.4) is 0 Å². The summed E-state index contributed by atoms with van der Waals surface area (Å²) in [7, 11) is 0. The van der Waals surface area contributed by atoms with Crippen LogP contribution in [0, 0.1) is 13.8 Å². The highest BCUT2D eigenvalue weighted by Gasteiger charge is 2.07. The Hall–Kier alpha value is -2.66. The maximum absolute atomic E-state index is 12.0. The maximum atomic E-state index is 12.0. The molecule has 3 aromatic rings. The number of amides is 1. The van der Waals surface area contributed by atoms with Crippen molar-refractivity contribution in [2.75, 3.05) is 11.9 Å². The first-order chi connectivity index (χ1) is 11.6. The van der Waals surface area contributed by atoms with Crippen LogP contribution in [0.25, 0.3) is 10.6 Å². The van der Waals surface area contributed by atoms with Crippen molar-refractivity contribution in [1.29, 1.82) is 0 Å². The van der Waals surface area contributed by atoms with E-state index in [0.29, 0.717) is 0 Å². The number of aromatic nitrogens is 1. The van der Waals surface area contributed by atoms with Crippen molar-refractivity contribution in [2.24, 2.45) is 0 Å². The fraction of sp³-hybridized carbons (Fsp3) is 0.158. The minimum atomic E-state index is -0.182. The van der Waals surface area contributed by atoms with Crippen LogP contribution in [0.15, 0.2) is 54.0 Å². The van der Waals surface area contributed by atoms with Gasteiger partial charge in [-0.15, -0.1) is 11.3 Å². The van der Waals surface area contributed by atoms with Crippen molar-refractivity contribution < 1.29 is 9.53 Å². The SMILES string of the molecule is Cc1cccc(OCC(=O)Nc2ccc(-c3nccs3)cc2)c1C. The number of nitrogens with one attached hydrogen (secondary N) is 1. The summed E-state index contributed by atoms with van der Waals surface area (Å²) in [6.07, 6.45) is 1.78. The van der Waals surface area contributed by atoms with E-state index in [9.17, 15) is 4.79 Å². The van der Waals surface area contributed by atoms with Crippen LogP contribution in [0.1, 0.15) is 11.1 Å². The van der Waals surface area contributed by atoms with Gasteiger partial charge >= 0.3 is 0 Å². The van der Waals surface area contributed by atoms with Gasteiger partial charge in [-0.25, -0.2) is 4.98 Å². The minimum absolute atomic E-state index is 0.0154. The van der Waals surface area contributed by atoms with E-state index < -0.39 is 0 Å². The molecule has 24 heavy (non-hydrogen) atoms. The second kappa shape index (κ2) is 7.27. The number of rotatable bonds is 5. The smallest absolute Gasteiger partial charge is 0.262 e. The zero-order chi connectivity index (χ0) is 16.9. The van der Waals surface area contributed by atoms with Crippen LogP contribution in [-0.2, 0) is 4.79 Å². The molecule has 0 aliphatic carbocycles. The van der Waals surface area contributed by atoms with Gasteiger partial charge in [-0.2, -0.15) is 0 Å². The molecule has 2 aromatic carbocycles. The average molecular weight is 338 g/mol. The van der Waals surface area contributed by atoms with Crippen molar-refractivity contribution in [3.8, 4) is 16.3 Å². The predicted molar refractivity (Wildman–Crippen MR) is 97.6 cm³/mol. The number of carbonyl (C=O) groups is 1. The summed E-state index contributed by atoms with van der Waals surface area (Å²) in [5, 5.41) is 5.74. The molecule has 0 aliphatic rings. The number of hydrogen-bond donors (Lipinski definition) is 1. The molecular weight excluding hydrogens is 320 g/mol. The molecule has 0 spiro atoms. The summed E-state index contributed by atoms with van der Waals surface area (Å²) in [5.74, 6) is 0.558. The van der Waals surface area contributed by atoms with Crippen LogP contribution in [0.5, 0.6) is 5.75 Å². The monoisotopic (exact) mass is 338 g/mol. The highest BCUT2D eigenvalue weighted by Crippen LogP contribution is 2.23. The van der Waals surface area contributed by atoms with Gasteiger partial charge in [-0.05, 0) is 55.3 Å². The van der Waals surface area contributed by atoms with Crippen LogP contribution < -0.4 is 10.1 Å². The Bertz CT molecular complexity index is 827. The lowest BCUT2D eigenvalue weighted by Gasteiger charge is -2.11. The molecule has 0 aliphatic heterocycles. The lowest BCUT2D eigenvalue weighted by molar-refractivity contribution is -0.118. The van der Waals surface area contributed by atoms with Crippen molar-refractivity contribution in [3.63, 3.8) is 0 Å². The Balaban J connectivity index is 1.58. The molecule has 0 atom stereocenters. The third kappa shape index (κ3) is 3.81. The Morgan fingerprint density at radius 3 is 2.67 bits per heavy atom. The Labute approximate surface area is 145 Å². The third-order valence-corrected chi connectivity index (χ3v) is 4.58. The first-order valence-electron chi connectivity index (χ1n) is 7.62. The summed E-state index contributed by atoms with van der Waals surface area (Å²) >= 11 is 1.59. The normalized spacial score (nSPS) is 10.4. The van der Waals surface area contributed by atoms with Gasteiger partial charge in [0.05, 0.1) is 0 Å². The molecule has 3 rings (SSSR count). The highest BCUT2D eigenvalue weighted by molar-refractivity contribution is 7.13. The van der Waals surface area contributed by atoms with E-state index >= 15 is 0 Å². The van der Waals surface area contributed by atoms with Gasteiger partial charge in [0.2, 0.25) is 0 Å². The van der Waals surface area contributed by atoms with Gasteiger partial charge in [0, 0.05) is 22.8 Å². The van der Waals surface area contributed by atoms with Gasteiger partial charge in [0.25, 0.3) is 5.91 Å². The Morgan fingerprint density at radius 1 is 1.17 bits per heavy atom. The van der Waals surface area contributed by atoms with Crippen LogP contribution >= 0.6 is 11.3 Å². The molecular formula is C19H18N2O2S. The van der Waals surface area contributed by atoms with Gasteiger partial charge in [0.15, 0.2) is 6.61 Å². The molecule has 122 valence electrons. The van der Waals surface area contributed by atoms with Crippen LogP contribution in [-0.4, -0.2) is 17.5 Å². The number of nitrogens with zero attached hydrogens (tertiary/aromatic N) is 1. The van der Waals surface area contributed by atoms with Gasteiger partial charge in [-0.3, -0.25) is 4.79 Å². The summed E-state index contributed by atoms with van der Waals surface area (Å²) in [5.41, 5.74) is 3.98. The topological polar surface area (TPSA) is 51.2 Å². The first kappa shape index (κ1) is 16.2. The van der Waals surface area contributed by atoms with Crippen molar-refractivity contribution in [3.05, 3.63) is 65.2 Å². The number of carbonyl (C=O) groups excluding carboxylic acids is 1. The van der Waals surface area contributed by atoms with E-state index in [0.717, 1.165) is 33.1 Å². The van der Waals surface area contributed by atoms with E-state index in [1.807, 2.05) is 61.7 Å².